The summed E-state index contributed by atoms with van der Waals surface area (Å²) in [7, 11) is -2.36. The highest BCUT2D eigenvalue weighted by atomic mass is 28.4. The van der Waals surface area contributed by atoms with E-state index in [-0.39, 0.29) is 5.91 Å². The first kappa shape index (κ1) is 16.9. The summed E-state index contributed by atoms with van der Waals surface area (Å²) < 4.78 is 0. The molecule has 0 heterocycles. The zero-order chi connectivity index (χ0) is 15.2. The smallest absolute Gasteiger partial charge is 0.251 e. The largest absolute Gasteiger partial charge is 0.428 e. The summed E-state index contributed by atoms with van der Waals surface area (Å²) in [5.74, 6) is -0.0744. The first-order valence-corrected chi connectivity index (χ1v) is 10.1. The number of hydrogen-bond donors (Lipinski definition) is 3. The van der Waals surface area contributed by atoms with E-state index in [4.69, 9.17) is 0 Å². The first-order chi connectivity index (χ1) is 9.30. The summed E-state index contributed by atoms with van der Waals surface area (Å²) in [6.45, 7) is 9.45. The molecule has 0 saturated carbocycles. The third-order valence-electron chi connectivity index (χ3n) is 3.02. The molecule has 0 bridgehead atoms. The lowest BCUT2D eigenvalue weighted by molar-refractivity contribution is 0.0953. The topological polar surface area (TPSA) is 61.4 Å². The van der Waals surface area contributed by atoms with E-state index in [1.807, 2.05) is 25.2 Å². The zero-order valence-corrected chi connectivity index (χ0v) is 13.9. The van der Waals surface area contributed by atoms with Crippen LogP contribution in [0, 0.1) is 0 Å². The van der Waals surface area contributed by atoms with E-state index in [2.05, 4.69) is 24.5 Å². The number of nitrogens with one attached hydrogen (secondary N) is 2. The van der Waals surface area contributed by atoms with Gasteiger partial charge in [0.15, 0.2) is 0 Å². The van der Waals surface area contributed by atoms with Crippen LogP contribution in [0.4, 0.5) is 0 Å². The van der Waals surface area contributed by atoms with Crippen molar-refractivity contribution in [2.75, 3.05) is 13.1 Å². The van der Waals surface area contributed by atoms with E-state index in [0.29, 0.717) is 18.2 Å². The normalized spacial score (nSPS) is 11.7. The summed E-state index contributed by atoms with van der Waals surface area (Å²) >= 11 is 0. The van der Waals surface area contributed by atoms with E-state index < -0.39 is 8.32 Å². The van der Waals surface area contributed by atoms with Gasteiger partial charge in [-0.1, -0.05) is 26.0 Å². The van der Waals surface area contributed by atoms with Gasteiger partial charge >= 0.3 is 0 Å². The lowest BCUT2D eigenvalue weighted by Gasteiger charge is -2.15. The van der Waals surface area contributed by atoms with Gasteiger partial charge in [0.2, 0.25) is 8.32 Å². The lowest BCUT2D eigenvalue weighted by atomic mass is 10.2. The van der Waals surface area contributed by atoms with Crippen LogP contribution >= 0.6 is 0 Å². The molecule has 0 radical (unpaired) electrons. The second-order valence-corrected chi connectivity index (χ2v) is 9.55. The number of hydrogen-bond acceptors (Lipinski definition) is 3. The second kappa shape index (κ2) is 7.57. The minimum Gasteiger partial charge on any atom is -0.428 e. The molecular weight excluding hydrogens is 268 g/mol. The molecule has 0 aliphatic rings. The van der Waals surface area contributed by atoms with Gasteiger partial charge in [-0.2, -0.15) is 0 Å². The average molecular weight is 294 g/mol. The van der Waals surface area contributed by atoms with Gasteiger partial charge in [-0.3, -0.25) is 4.79 Å². The van der Waals surface area contributed by atoms with Crippen LogP contribution in [0.15, 0.2) is 24.3 Å². The lowest BCUT2D eigenvalue weighted by Crippen LogP contribution is -2.42. The van der Waals surface area contributed by atoms with E-state index >= 15 is 0 Å². The van der Waals surface area contributed by atoms with Crippen LogP contribution in [0.3, 0.4) is 0 Å². The molecule has 1 aromatic rings. The quantitative estimate of drug-likeness (QED) is 0.523. The van der Waals surface area contributed by atoms with Crippen molar-refractivity contribution in [2.24, 2.45) is 0 Å². The van der Waals surface area contributed by atoms with Crippen molar-refractivity contribution in [3.63, 3.8) is 0 Å². The molecule has 0 saturated heterocycles. The van der Waals surface area contributed by atoms with Crippen LogP contribution in [0.25, 0.3) is 0 Å². The Bertz CT molecular complexity index is 442. The molecule has 0 fully saturated rings. The highest BCUT2D eigenvalue weighted by molar-refractivity contribution is 6.83. The van der Waals surface area contributed by atoms with Crippen molar-refractivity contribution in [3.05, 3.63) is 29.8 Å². The minimum atomic E-state index is -2.36. The van der Waals surface area contributed by atoms with Gasteiger partial charge in [0.05, 0.1) is 0 Å². The molecule has 0 atom stereocenters. The van der Waals surface area contributed by atoms with Crippen LogP contribution in [0.5, 0.6) is 0 Å². The predicted octanol–water partition coefficient (Wildman–Crippen LogP) is 1.21. The molecule has 1 aromatic carbocycles. The van der Waals surface area contributed by atoms with E-state index in [1.54, 1.807) is 12.1 Å². The zero-order valence-electron chi connectivity index (χ0n) is 12.9. The highest BCUT2D eigenvalue weighted by Gasteiger charge is 2.20. The van der Waals surface area contributed by atoms with Crippen molar-refractivity contribution in [2.45, 2.75) is 39.4 Å². The maximum Gasteiger partial charge on any atom is 0.251 e. The van der Waals surface area contributed by atoms with Crippen LogP contribution in [0.1, 0.15) is 30.6 Å². The Kier molecular flexibility index (Phi) is 6.39. The second-order valence-electron chi connectivity index (χ2n) is 5.86. The molecule has 3 N–H and O–H groups in total. The fourth-order valence-corrected chi connectivity index (χ4v) is 2.84. The van der Waals surface area contributed by atoms with Crippen molar-refractivity contribution in [1.82, 2.24) is 10.6 Å². The molecule has 1 amide bonds. The van der Waals surface area contributed by atoms with Gasteiger partial charge in [0, 0.05) is 18.2 Å². The van der Waals surface area contributed by atoms with Crippen molar-refractivity contribution < 1.29 is 9.59 Å². The number of amides is 1. The first-order valence-electron chi connectivity index (χ1n) is 7.15. The third kappa shape index (κ3) is 5.86. The maximum absolute atomic E-state index is 12.0. The number of benzene rings is 1. The van der Waals surface area contributed by atoms with E-state index in [0.717, 1.165) is 18.2 Å². The molecule has 112 valence electrons. The Morgan fingerprint density at radius 2 is 2.00 bits per heavy atom. The molecule has 1 rings (SSSR count). The SMILES string of the molecule is CC(C)NCCCNC(=O)c1cccc([Si](C)(C)O)c1. The Hall–Kier alpha value is -1.17. The molecule has 20 heavy (non-hydrogen) atoms. The molecule has 0 aliphatic carbocycles. The Balaban J connectivity index is 2.48. The van der Waals surface area contributed by atoms with Crippen LogP contribution < -0.4 is 15.8 Å². The maximum atomic E-state index is 12.0. The van der Waals surface area contributed by atoms with Crippen molar-refractivity contribution in [1.29, 1.82) is 0 Å². The average Bonchev–Trinajstić information content (AvgIpc) is 2.37. The van der Waals surface area contributed by atoms with Crippen LogP contribution in [-0.4, -0.2) is 38.2 Å². The third-order valence-corrected chi connectivity index (χ3v) is 4.75. The Morgan fingerprint density at radius 3 is 2.60 bits per heavy atom. The molecule has 0 aromatic heterocycles. The highest BCUT2D eigenvalue weighted by Crippen LogP contribution is 2.03. The van der Waals surface area contributed by atoms with E-state index in [9.17, 15) is 9.59 Å². The number of carbonyl (C=O) groups is 1. The summed E-state index contributed by atoms with van der Waals surface area (Å²) in [6, 6.07) is 7.77. The summed E-state index contributed by atoms with van der Waals surface area (Å²) in [6.07, 6.45) is 0.907. The van der Waals surface area contributed by atoms with Gasteiger partial charge in [0.25, 0.3) is 5.91 Å². The standard InChI is InChI=1S/C15H26N2O2Si/c1-12(2)16-9-6-10-17-15(18)13-7-5-8-14(11-13)20(3,4)19/h5,7-8,11-12,16,19H,6,9-10H2,1-4H3,(H,17,18). The van der Waals surface area contributed by atoms with Gasteiger partial charge in [0.1, 0.15) is 0 Å². The fourth-order valence-electron chi connectivity index (χ4n) is 1.82. The molecule has 0 spiro atoms. The van der Waals surface area contributed by atoms with Gasteiger partial charge in [-0.05, 0) is 43.4 Å². The van der Waals surface area contributed by atoms with Crippen LogP contribution in [0.2, 0.25) is 13.1 Å². The van der Waals surface area contributed by atoms with Crippen LogP contribution in [-0.2, 0) is 0 Å². The Labute approximate surface area is 122 Å². The van der Waals surface area contributed by atoms with Gasteiger partial charge in [-0.25, -0.2) is 0 Å². The number of carbonyl (C=O) groups excluding carboxylic acids is 1. The molecule has 5 heteroatoms. The summed E-state index contributed by atoms with van der Waals surface area (Å²) in [5, 5.41) is 7.10. The monoisotopic (exact) mass is 294 g/mol. The summed E-state index contributed by atoms with van der Waals surface area (Å²) in [5.41, 5.74) is 0.619. The Morgan fingerprint density at radius 1 is 1.30 bits per heavy atom. The summed E-state index contributed by atoms with van der Waals surface area (Å²) in [4.78, 5) is 22.1. The molecule has 4 nitrogen and oxygen atoms in total. The predicted molar refractivity (Wildman–Crippen MR) is 85.9 cm³/mol. The van der Waals surface area contributed by atoms with E-state index in [1.165, 1.54) is 0 Å². The van der Waals surface area contributed by atoms with Gasteiger partial charge < -0.3 is 15.4 Å². The molecule has 0 aliphatic heterocycles. The molecule has 0 unspecified atom stereocenters. The van der Waals surface area contributed by atoms with Crippen molar-refractivity contribution in [3.8, 4) is 0 Å². The minimum absolute atomic E-state index is 0.0744. The van der Waals surface area contributed by atoms with Gasteiger partial charge in [-0.15, -0.1) is 0 Å². The number of rotatable bonds is 7. The molecular formula is C15H26N2O2Si. The van der Waals surface area contributed by atoms with Crippen molar-refractivity contribution >= 4 is 19.4 Å². The fraction of sp³-hybridized carbons (Fsp3) is 0.533.